The number of ether oxygens (including phenoxy) is 2. The number of carbonyl (C=O) groups excluding carboxylic acids is 1. The molecule has 1 saturated heterocycles. The number of rotatable bonds is 5. The summed E-state index contributed by atoms with van der Waals surface area (Å²) in [5.41, 5.74) is 0.503. The number of anilines is 1. The largest absolute Gasteiger partial charge is 0.573 e. The molecule has 9 nitrogen and oxygen atoms in total. The molecule has 2 aromatic heterocycles. The summed E-state index contributed by atoms with van der Waals surface area (Å²) in [6.45, 7) is 2.13. The molecule has 37 heavy (non-hydrogen) atoms. The van der Waals surface area contributed by atoms with Gasteiger partial charge in [0.2, 0.25) is 5.43 Å². The number of aryl methyl sites for hydroxylation is 1. The van der Waals surface area contributed by atoms with Crippen LogP contribution in [0.3, 0.4) is 0 Å². The maximum Gasteiger partial charge on any atom is 0.573 e. The standard InChI is InChI=1S/C24H17F4N5O4/c1-14-11-20(33(29-14)16-3-2-4-17(12-16)37-24(26,27)28)22-21(34)7-8-32(30-22)19-6-5-15(13-18(19)25)31-9-10-36-23(31)35/h2-8,11-13H,9-10H2,1H3. The number of benzene rings is 2. The van der Waals surface area contributed by atoms with Crippen molar-refractivity contribution in [1.82, 2.24) is 19.6 Å². The van der Waals surface area contributed by atoms with E-state index in [4.69, 9.17) is 4.74 Å². The van der Waals surface area contributed by atoms with Gasteiger partial charge in [-0.05, 0) is 43.3 Å². The zero-order valence-corrected chi connectivity index (χ0v) is 19.1. The molecular formula is C24H17F4N5O4. The van der Waals surface area contributed by atoms with Gasteiger partial charge in [-0.3, -0.25) is 9.69 Å². The molecule has 1 aliphatic rings. The van der Waals surface area contributed by atoms with Crippen LogP contribution in [0.2, 0.25) is 0 Å². The third-order valence-electron chi connectivity index (χ3n) is 5.43. The van der Waals surface area contributed by atoms with Crippen molar-refractivity contribution in [3.8, 4) is 28.5 Å². The molecule has 13 heteroatoms. The van der Waals surface area contributed by atoms with Gasteiger partial charge in [-0.1, -0.05) is 6.07 Å². The van der Waals surface area contributed by atoms with E-state index in [2.05, 4.69) is 14.9 Å². The van der Waals surface area contributed by atoms with E-state index in [9.17, 15) is 22.8 Å². The number of cyclic esters (lactones) is 1. The molecule has 0 aliphatic carbocycles. The predicted octanol–water partition coefficient (Wildman–Crippen LogP) is 4.39. The van der Waals surface area contributed by atoms with Crippen LogP contribution in [0.25, 0.3) is 22.8 Å². The Bertz CT molecular complexity index is 1560. The van der Waals surface area contributed by atoms with E-state index >= 15 is 4.39 Å². The molecule has 0 saturated carbocycles. The van der Waals surface area contributed by atoms with Gasteiger partial charge in [0.05, 0.1) is 29.3 Å². The molecule has 0 N–H and O–H groups in total. The minimum atomic E-state index is -4.88. The molecule has 0 radical (unpaired) electrons. The Balaban J connectivity index is 1.55. The molecule has 2 aromatic carbocycles. The maximum atomic E-state index is 15.0. The van der Waals surface area contributed by atoms with E-state index < -0.39 is 29.5 Å². The summed E-state index contributed by atoms with van der Waals surface area (Å²) >= 11 is 0. The molecule has 1 aliphatic heterocycles. The first-order chi connectivity index (χ1) is 17.6. The molecule has 190 valence electrons. The van der Waals surface area contributed by atoms with Gasteiger partial charge >= 0.3 is 12.5 Å². The summed E-state index contributed by atoms with van der Waals surface area (Å²) in [7, 11) is 0. The van der Waals surface area contributed by atoms with Crippen LogP contribution >= 0.6 is 0 Å². The number of nitrogens with zero attached hydrogens (tertiary/aromatic N) is 5. The highest BCUT2D eigenvalue weighted by Crippen LogP contribution is 2.28. The monoisotopic (exact) mass is 515 g/mol. The second kappa shape index (κ2) is 9.08. The van der Waals surface area contributed by atoms with E-state index in [0.717, 1.165) is 22.9 Å². The third-order valence-corrected chi connectivity index (χ3v) is 5.43. The van der Waals surface area contributed by atoms with Crippen molar-refractivity contribution in [2.45, 2.75) is 13.3 Å². The minimum Gasteiger partial charge on any atom is -0.447 e. The van der Waals surface area contributed by atoms with Gasteiger partial charge in [0, 0.05) is 18.3 Å². The van der Waals surface area contributed by atoms with Crippen molar-refractivity contribution in [1.29, 1.82) is 0 Å². The quantitative estimate of drug-likeness (QED) is 0.366. The van der Waals surface area contributed by atoms with Crippen LogP contribution in [-0.2, 0) is 4.74 Å². The van der Waals surface area contributed by atoms with Crippen LogP contribution in [0.4, 0.5) is 28.0 Å². The molecule has 4 aromatic rings. The lowest BCUT2D eigenvalue weighted by Crippen LogP contribution is -2.23. The van der Waals surface area contributed by atoms with Crippen molar-refractivity contribution < 1.29 is 31.8 Å². The Morgan fingerprint density at radius 3 is 2.51 bits per heavy atom. The lowest BCUT2D eigenvalue weighted by atomic mass is 10.2. The van der Waals surface area contributed by atoms with Crippen molar-refractivity contribution >= 4 is 11.8 Å². The molecule has 0 spiro atoms. The minimum absolute atomic E-state index is 0.000857. The van der Waals surface area contributed by atoms with Crippen LogP contribution in [-0.4, -0.2) is 45.2 Å². The van der Waals surface area contributed by atoms with E-state index in [0.29, 0.717) is 11.4 Å². The van der Waals surface area contributed by atoms with Gasteiger partial charge in [-0.25, -0.2) is 18.5 Å². The number of halogens is 4. The first kappa shape index (κ1) is 24.0. The first-order valence-electron chi connectivity index (χ1n) is 10.9. The normalized spacial score (nSPS) is 13.6. The van der Waals surface area contributed by atoms with E-state index in [1.165, 1.54) is 52.2 Å². The number of alkyl halides is 3. The maximum absolute atomic E-state index is 15.0. The van der Waals surface area contributed by atoms with E-state index in [1.54, 1.807) is 6.92 Å². The summed E-state index contributed by atoms with van der Waals surface area (Å²) in [4.78, 5) is 25.8. The second-order valence-corrected chi connectivity index (χ2v) is 8.00. The van der Waals surface area contributed by atoms with Gasteiger partial charge in [0.15, 0.2) is 11.5 Å². The Hall–Kier alpha value is -4.68. The number of amides is 1. The van der Waals surface area contributed by atoms with Crippen molar-refractivity contribution in [3.63, 3.8) is 0 Å². The summed E-state index contributed by atoms with van der Waals surface area (Å²) in [6, 6.07) is 11.9. The number of carbonyl (C=O) groups is 1. The van der Waals surface area contributed by atoms with Crippen LogP contribution in [0.15, 0.2) is 65.6 Å². The van der Waals surface area contributed by atoms with Gasteiger partial charge in [-0.15, -0.1) is 13.2 Å². The Kier molecular flexibility index (Phi) is 5.90. The number of hydrogen-bond acceptors (Lipinski definition) is 6. The molecule has 1 fully saturated rings. The van der Waals surface area contributed by atoms with Crippen molar-refractivity contribution in [3.05, 3.63) is 82.5 Å². The first-order valence-corrected chi connectivity index (χ1v) is 10.9. The Morgan fingerprint density at radius 1 is 1.00 bits per heavy atom. The van der Waals surface area contributed by atoms with Crippen LogP contribution in [0, 0.1) is 12.7 Å². The number of hydrogen-bond donors (Lipinski definition) is 0. The molecule has 0 bridgehead atoms. The topological polar surface area (TPSA) is 91.5 Å². The van der Waals surface area contributed by atoms with Crippen LogP contribution < -0.4 is 15.1 Å². The summed E-state index contributed by atoms with van der Waals surface area (Å²) in [5.74, 6) is -1.17. The highest BCUT2D eigenvalue weighted by atomic mass is 19.4. The summed E-state index contributed by atoms with van der Waals surface area (Å²) < 4.78 is 64.4. The second-order valence-electron chi connectivity index (χ2n) is 8.00. The van der Waals surface area contributed by atoms with Crippen molar-refractivity contribution in [2.75, 3.05) is 18.1 Å². The fraction of sp³-hybridized carbons (Fsp3) is 0.167. The van der Waals surface area contributed by atoms with E-state index in [1.807, 2.05) is 0 Å². The molecule has 0 unspecified atom stereocenters. The Morgan fingerprint density at radius 2 is 1.81 bits per heavy atom. The number of aromatic nitrogens is 4. The Labute approximate surface area is 206 Å². The van der Waals surface area contributed by atoms with Gasteiger partial charge < -0.3 is 9.47 Å². The average molecular weight is 515 g/mol. The highest BCUT2D eigenvalue weighted by molar-refractivity contribution is 5.89. The van der Waals surface area contributed by atoms with Gasteiger partial charge in [-0.2, -0.15) is 10.2 Å². The van der Waals surface area contributed by atoms with Gasteiger partial charge in [0.1, 0.15) is 18.0 Å². The molecule has 5 rings (SSSR count). The third kappa shape index (κ3) is 4.87. The fourth-order valence-corrected chi connectivity index (χ4v) is 3.87. The van der Waals surface area contributed by atoms with Crippen molar-refractivity contribution in [2.24, 2.45) is 0 Å². The summed E-state index contributed by atoms with van der Waals surface area (Å²) in [5, 5.41) is 8.57. The lowest BCUT2D eigenvalue weighted by molar-refractivity contribution is -0.274. The van der Waals surface area contributed by atoms with Crippen LogP contribution in [0.5, 0.6) is 5.75 Å². The highest BCUT2D eigenvalue weighted by Gasteiger charge is 2.31. The van der Waals surface area contributed by atoms with Crippen LogP contribution in [0.1, 0.15) is 5.69 Å². The zero-order chi connectivity index (χ0) is 26.3. The smallest absolute Gasteiger partial charge is 0.447 e. The van der Waals surface area contributed by atoms with Gasteiger partial charge in [0.25, 0.3) is 0 Å². The lowest BCUT2D eigenvalue weighted by Gasteiger charge is -2.15. The molecule has 3 heterocycles. The molecule has 0 atom stereocenters. The predicted molar refractivity (Wildman–Crippen MR) is 122 cm³/mol. The van der Waals surface area contributed by atoms with E-state index in [-0.39, 0.29) is 35.9 Å². The zero-order valence-electron chi connectivity index (χ0n) is 19.1. The SMILES string of the molecule is Cc1cc(-c2nn(-c3ccc(N4CCOC4=O)cc3F)ccc2=O)n(-c2cccc(OC(F)(F)F)c2)n1. The molecule has 1 amide bonds. The summed E-state index contributed by atoms with van der Waals surface area (Å²) in [6.07, 6.45) is -4.19. The average Bonchev–Trinajstić information content (AvgIpc) is 3.44. The fourth-order valence-electron chi connectivity index (χ4n) is 3.87. The molecular weight excluding hydrogens is 498 g/mol.